The molecule has 0 saturated heterocycles. The Balaban J connectivity index is 2.18. The van der Waals surface area contributed by atoms with E-state index >= 15 is 0 Å². The van der Waals surface area contributed by atoms with Gasteiger partial charge in [0.25, 0.3) is 0 Å². The summed E-state index contributed by atoms with van der Waals surface area (Å²) in [5.41, 5.74) is 3.11. The van der Waals surface area contributed by atoms with Gasteiger partial charge in [0, 0.05) is 10.7 Å². The molecule has 1 N–H and O–H groups in total. The number of anilines is 1. The maximum absolute atomic E-state index is 12.9. The van der Waals surface area contributed by atoms with Gasteiger partial charge < -0.3 is 5.32 Å². The van der Waals surface area contributed by atoms with Crippen LogP contribution < -0.4 is 5.32 Å². The summed E-state index contributed by atoms with van der Waals surface area (Å²) in [5.74, 6) is -0.211. The molecule has 19 heavy (non-hydrogen) atoms. The number of benzene rings is 2. The third kappa shape index (κ3) is 3.48. The van der Waals surface area contributed by atoms with Crippen molar-refractivity contribution in [3.8, 4) is 0 Å². The molecule has 0 aliphatic rings. The van der Waals surface area contributed by atoms with Crippen molar-refractivity contribution in [2.45, 2.75) is 26.3 Å². The topological polar surface area (TPSA) is 12.0 Å². The normalized spacial score (nSPS) is 12.2. The molecular weight excluding hydrogens is 261 g/mol. The molecule has 1 atom stereocenters. The molecule has 0 saturated carbocycles. The number of nitrogens with one attached hydrogen (secondary N) is 1. The van der Waals surface area contributed by atoms with Gasteiger partial charge in [0.2, 0.25) is 0 Å². The molecule has 1 nitrogen and oxygen atoms in total. The van der Waals surface area contributed by atoms with Gasteiger partial charge in [-0.3, -0.25) is 0 Å². The zero-order valence-electron chi connectivity index (χ0n) is 11.1. The van der Waals surface area contributed by atoms with Crippen molar-refractivity contribution in [3.05, 3.63) is 64.4 Å². The van der Waals surface area contributed by atoms with Crippen molar-refractivity contribution in [1.29, 1.82) is 0 Å². The molecule has 2 rings (SSSR count). The van der Waals surface area contributed by atoms with E-state index in [9.17, 15) is 4.39 Å². The van der Waals surface area contributed by atoms with Crippen molar-refractivity contribution < 1.29 is 4.39 Å². The van der Waals surface area contributed by atoms with Crippen LogP contribution >= 0.6 is 11.6 Å². The van der Waals surface area contributed by atoms with Gasteiger partial charge in [-0.15, -0.1) is 0 Å². The predicted octanol–water partition coefficient (Wildman–Crippen LogP) is 5.35. The van der Waals surface area contributed by atoms with Crippen molar-refractivity contribution in [3.63, 3.8) is 0 Å². The van der Waals surface area contributed by atoms with Crippen LogP contribution in [0.5, 0.6) is 0 Å². The van der Waals surface area contributed by atoms with Crippen molar-refractivity contribution in [2.75, 3.05) is 5.32 Å². The van der Waals surface area contributed by atoms with Crippen molar-refractivity contribution >= 4 is 17.3 Å². The zero-order chi connectivity index (χ0) is 13.8. The molecule has 2 aromatic carbocycles. The van der Waals surface area contributed by atoms with E-state index in [4.69, 9.17) is 11.6 Å². The second-order valence-electron chi connectivity index (χ2n) is 4.62. The summed E-state index contributed by atoms with van der Waals surface area (Å²) in [4.78, 5) is 0. The number of hydrogen-bond acceptors (Lipinski definition) is 1. The molecule has 3 heteroatoms. The first-order chi connectivity index (χ1) is 9.10. The minimum absolute atomic E-state index is 0.152. The summed E-state index contributed by atoms with van der Waals surface area (Å²) in [6, 6.07) is 12.7. The number of aryl methyl sites for hydroxylation is 1. The molecule has 0 heterocycles. The molecule has 2 aromatic rings. The van der Waals surface area contributed by atoms with Gasteiger partial charge in [0.05, 0.1) is 6.04 Å². The zero-order valence-corrected chi connectivity index (χ0v) is 11.8. The predicted molar refractivity (Wildman–Crippen MR) is 79.2 cm³/mol. The second kappa shape index (κ2) is 6.07. The Morgan fingerprint density at radius 3 is 2.42 bits per heavy atom. The Morgan fingerprint density at radius 2 is 1.84 bits per heavy atom. The molecular formula is C16H17ClFN. The van der Waals surface area contributed by atoms with Crippen LogP contribution in [0.4, 0.5) is 10.1 Å². The molecule has 0 aromatic heterocycles. The monoisotopic (exact) mass is 277 g/mol. The van der Waals surface area contributed by atoms with Crippen LogP contribution in [-0.2, 0) is 0 Å². The van der Waals surface area contributed by atoms with E-state index in [0.29, 0.717) is 0 Å². The van der Waals surface area contributed by atoms with Crippen LogP contribution in [0.1, 0.15) is 30.5 Å². The van der Waals surface area contributed by atoms with Crippen molar-refractivity contribution in [2.24, 2.45) is 0 Å². The standard InChI is InChI=1S/C16H17ClFN/c1-3-16(12-5-7-13(18)8-6-12)19-14-9-4-11(2)15(17)10-14/h4-10,16,19H,3H2,1-2H3. The van der Waals surface area contributed by atoms with E-state index in [1.807, 2.05) is 37.3 Å². The van der Waals surface area contributed by atoms with Gasteiger partial charge >= 0.3 is 0 Å². The molecule has 0 amide bonds. The summed E-state index contributed by atoms with van der Waals surface area (Å²) in [5, 5.41) is 4.17. The molecule has 0 spiro atoms. The van der Waals surface area contributed by atoms with E-state index in [1.54, 1.807) is 0 Å². The minimum Gasteiger partial charge on any atom is -0.378 e. The summed E-state index contributed by atoms with van der Waals surface area (Å²) in [7, 11) is 0. The first-order valence-corrected chi connectivity index (χ1v) is 6.76. The maximum atomic E-state index is 12.9. The van der Waals surface area contributed by atoms with Crippen LogP contribution in [0.3, 0.4) is 0 Å². The Bertz CT molecular complexity index is 551. The van der Waals surface area contributed by atoms with Crippen LogP contribution in [0.2, 0.25) is 5.02 Å². The third-order valence-electron chi connectivity index (χ3n) is 3.19. The van der Waals surface area contributed by atoms with Gasteiger partial charge in [-0.1, -0.05) is 36.7 Å². The number of halogens is 2. The number of hydrogen-bond donors (Lipinski definition) is 1. The fraction of sp³-hybridized carbons (Fsp3) is 0.250. The molecule has 0 radical (unpaired) electrons. The fourth-order valence-electron chi connectivity index (χ4n) is 2.00. The van der Waals surface area contributed by atoms with Gasteiger partial charge in [0.15, 0.2) is 0 Å². The third-order valence-corrected chi connectivity index (χ3v) is 3.60. The van der Waals surface area contributed by atoms with Crippen LogP contribution in [0.15, 0.2) is 42.5 Å². The maximum Gasteiger partial charge on any atom is 0.123 e. The van der Waals surface area contributed by atoms with E-state index < -0.39 is 0 Å². The van der Waals surface area contributed by atoms with Crippen molar-refractivity contribution in [1.82, 2.24) is 0 Å². The van der Waals surface area contributed by atoms with Crippen LogP contribution in [0, 0.1) is 12.7 Å². The Hall–Kier alpha value is -1.54. The number of rotatable bonds is 4. The Morgan fingerprint density at radius 1 is 1.16 bits per heavy atom. The highest BCUT2D eigenvalue weighted by Crippen LogP contribution is 2.26. The largest absolute Gasteiger partial charge is 0.378 e. The molecule has 1 unspecified atom stereocenters. The quantitative estimate of drug-likeness (QED) is 0.794. The average Bonchev–Trinajstić information content (AvgIpc) is 2.41. The summed E-state index contributed by atoms with van der Waals surface area (Å²) < 4.78 is 12.9. The summed E-state index contributed by atoms with van der Waals surface area (Å²) in [6.07, 6.45) is 0.914. The molecule has 0 aliphatic heterocycles. The first kappa shape index (κ1) is 13.9. The minimum atomic E-state index is -0.211. The lowest BCUT2D eigenvalue weighted by atomic mass is 10.0. The van der Waals surface area contributed by atoms with E-state index in [1.165, 1.54) is 12.1 Å². The van der Waals surface area contributed by atoms with Crippen LogP contribution in [-0.4, -0.2) is 0 Å². The molecule has 100 valence electrons. The fourth-order valence-corrected chi connectivity index (χ4v) is 2.18. The highest BCUT2D eigenvalue weighted by Gasteiger charge is 2.09. The van der Waals surface area contributed by atoms with Gasteiger partial charge in [-0.05, 0) is 48.7 Å². The second-order valence-corrected chi connectivity index (χ2v) is 5.03. The molecule has 0 aliphatic carbocycles. The Kier molecular flexibility index (Phi) is 4.43. The average molecular weight is 278 g/mol. The van der Waals surface area contributed by atoms with E-state index in [2.05, 4.69) is 12.2 Å². The van der Waals surface area contributed by atoms with E-state index in [0.717, 1.165) is 28.3 Å². The lowest BCUT2D eigenvalue weighted by Gasteiger charge is -2.19. The highest BCUT2D eigenvalue weighted by molar-refractivity contribution is 6.31. The molecule has 0 bridgehead atoms. The lowest BCUT2D eigenvalue weighted by Crippen LogP contribution is -2.09. The SMILES string of the molecule is CCC(Nc1ccc(C)c(Cl)c1)c1ccc(F)cc1. The first-order valence-electron chi connectivity index (χ1n) is 6.38. The van der Waals surface area contributed by atoms with Gasteiger partial charge in [0.1, 0.15) is 5.82 Å². The van der Waals surface area contributed by atoms with Gasteiger partial charge in [-0.2, -0.15) is 0 Å². The highest BCUT2D eigenvalue weighted by atomic mass is 35.5. The lowest BCUT2D eigenvalue weighted by molar-refractivity contribution is 0.625. The van der Waals surface area contributed by atoms with Gasteiger partial charge in [-0.25, -0.2) is 4.39 Å². The van der Waals surface area contributed by atoms with Crippen LogP contribution in [0.25, 0.3) is 0 Å². The Labute approximate surface area is 118 Å². The molecule has 0 fully saturated rings. The van der Waals surface area contributed by atoms with E-state index in [-0.39, 0.29) is 11.9 Å². The smallest absolute Gasteiger partial charge is 0.123 e. The summed E-state index contributed by atoms with van der Waals surface area (Å²) in [6.45, 7) is 4.07. The summed E-state index contributed by atoms with van der Waals surface area (Å²) >= 11 is 6.12.